The quantitative estimate of drug-likeness (QED) is 0.0212. The van der Waals surface area contributed by atoms with Crippen LogP contribution < -0.4 is 10.2 Å². The Morgan fingerprint density at radius 2 is 0.771 bits per heavy atom. The average Bonchev–Trinajstić information content (AvgIpc) is 3.51. The molecule has 0 aliphatic rings. The first-order valence-electron chi connectivity index (χ1n) is 33.5. The number of quaternary nitrogens is 1. The number of hydrogen-bond donors (Lipinski definition) is 1. The fourth-order valence-electron chi connectivity index (χ4n) is 8.92. The molecule has 83 heavy (non-hydrogen) atoms. The molecule has 0 aliphatic carbocycles. The van der Waals surface area contributed by atoms with Crippen molar-refractivity contribution in [1.82, 2.24) is 5.32 Å². The molecule has 0 saturated heterocycles. The van der Waals surface area contributed by atoms with Crippen molar-refractivity contribution in [2.75, 3.05) is 40.9 Å². The molecule has 0 radical (unpaired) electrons. The molecule has 10 heteroatoms. The second-order valence-electron chi connectivity index (χ2n) is 23.2. The number of likely N-dealkylation sites (N-methyl/N-ethyl adjacent to an activating group) is 1. The van der Waals surface area contributed by atoms with Crippen molar-refractivity contribution < 1.29 is 37.3 Å². The molecule has 3 unspecified atom stereocenters. The molecule has 0 aliphatic heterocycles. The van der Waals surface area contributed by atoms with Crippen LogP contribution in [0, 0.1) is 0 Å². The van der Waals surface area contributed by atoms with Gasteiger partial charge in [0.1, 0.15) is 19.3 Å². The first-order valence-corrected chi connectivity index (χ1v) is 35.0. The maximum atomic E-state index is 13.6. The number of rotatable bonds is 59. The Hall–Kier alpha value is -3.85. The summed E-state index contributed by atoms with van der Waals surface area (Å²) in [5.41, 5.74) is 0. The summed E-state index contributed by atoms with van der Waals surface area (Å²) in [7, 11) is 1.14. The standard InChI is InChI=1S/C73H125N2O7P/c1-7-10-13-16-19-22-25-27-29-31-33-35-37-39-41-43-45-47-50-53-56-59-62-65-72(76)74-70(69-81-83(78,79)80-68-67-75(4,5)6)71(64-61-58-55-52-49-24-21-18-15-12-9-3)82-73(77)66-63-60-57-54-51-48-46-44-42-40-38-36-34-32-30-28-26-23-20-17-14-11-8-2/h10,13,19-20,22-23,27-30,33-36,39-42,45,47,61,64,70-71H,7-9,11-12,14-18,21,24-26,31-32,37-38,43-44,46,48-60,62-63,65-69H2,1-6H3,(H-,74,76,78,79)/b13-10-,22-19-,23-20-,29-27-,30-28-,35-33-,36-34-,41-39-,42-40-,47-45-,64-61+. The van der Waals surface area contributed by atoms with Crippen LogP contribution in [0.2, 0.25) is 0 Å². The van der Waals surface area contributed by atoms with Gasteiger partial charge in [-0.3, -0.25) is 14.2 Å². The first-order chi connectivity index (χ1) is 40.4. The summed E-state index contributed by atoms with van der Waals surface area (Å²) in [5, 5.41) is 3.01. The largest absolute Gasteiger partial charge is 0.756 e. The fourth-order valence-corrected chi connectivity index (χ4v) is 9.64. The lowest BCUT2D eigenvalue weighted by molar-refractivity contribution is -0.870. The van der Waals surface area contributed by atoms with Crippen molar-refractivity contribution in [2.45, 2.75) is 277 Å². The first kappa shape index (κ1) is 79.2. The van der Waals surface area contributed by atoms with Crippen molar-refractivity contribution in [1.29, 1.82) is 0 Å². The SMILES string of the molecule is CC/C=C\C/C=C\C/C=C\C/C=C\C/C=C\C/C=C\CCCCCCC(=O)NC(COP(=O)([O-])OCC[N+](C)(C)C)C(/C=C/CCCCCCCCCCC)OC(=O)CCCCCCCCC/C=C\C/C=C\C/C=C\C/C=C\CCCCC. The van der Waals surface area contributed by atoms with Gasteiger partial charge in [0.2, 0.25) is 5.91 Å². The van der Waals surface area contributed by atoms with Crippen molar-refractivity contribution in [2.24, 2.45) is 0 Å². The highest BCUT2D eigenvalue weighted by Gasteiger charge is 2.27. The Morgan fingerprint density at radius 1 is 0.434 bits per heavy atom. The Bertz CT molecular complexity index is 1880. The maximum Gasteiger partial charge on any atom is 0.306 e. The van der Waals surface area contributed by atoms with Gasteiger partial charge in [0.05, 0.1) is 33.8 Å². The van der Waals surface area contributed by atoms with E-state index in [2.05, 4.69) is 148 Å². The smallest absolute Gasteiger partial charge is 0.306 e. The number of carbonyl (C=O) groups excluding carboxylic acids is 2. The number of amides is 1. The van der Waals surface area contributed by atoms with Gasteiger partial charge in [-0.15, -0.1) is 0 Å². The molecular formula is C73H125N2O7P. The lowest BCUT2D eigenvalue weighted by atomic mass is 10.1. The second-order valence-corrected chi connectivity index (χ2v) is 24.6. The Morgan fingerprint density at radius 3 is 1.18 bits per heavy atom. The topological polar surface area (TPSA) is 114 Å². The minimum Gasteiger partial charge on any atom is -0.756 e. The third-order valence-electron chi connectivity index (χ3n) is 14.1. The van der Waals surface area contributed by atoms with Crippen LogP contribution in [0.5, 0.6) is 0 Å². The van der Waals surface area contributed by atoms with Crippen molar-refractivity contribution in [3.63, 3.8) is 0 Å². The van der Waals surface area contributed by atoms with Gasteiger partial charge >= 0.3 is 5.97 Å². The van der Waals surface area contributed by atoms with E-state index in [0.29, 0.717) is 23.9 Å². The number of unbranched alkanes of at least 4 members (excludes halogenated alkanes) is 23. The van der Waals surface area contributed by atoms with Crippen LogP contribution in [-0.2, 0) is 27.9 Å². The molecule has 0 spiro atoms. The van der Waals surface area contributed by atoms with Crippen LogP contribution >= 0.6 is 7.82 Å². The summed E-state index contributed by atoms with van der Waals surface area (Å²) in [4.78, 5) is 40.1. The highest BCUT2D eigenvalue weighted by Crippen LogP contribution is 2.38. The lowest BCUT2D eigenvalue weighted by Crippen LogP contribution is -2.47. The molecule has 0 aromatic rings. The third-order valence-corrected chi connectivity index (χ3v) is 15.0. The van der Waals surface area contributed by atoms with Crippen molar-refractivity contribution in [3.05, 3.63) is 134 Å². The summed E-state index contributed by atoms with van der Waals surface area (Å²) in [5.74, 6) is -0.591. The number of ether oxygens (including phenoxy) is 1. The molecule has 0 bridgehead atoms. The Balaban J connectivity index is 5.22. The van der Waals surface area contributed by atoms with Gasteiger partial charge in [-0.05, 0) is 128 Å². The maximum absolute atomic E-state index is 13.6. The van der Waals surface area contributed by atoms with Crippen LogP contribution in [0.25, 0.3) is 0 Å². The normalized spacial score (nSPS) is 14.4. The van der Waals surface area contributed by atoms with E-state index in [4.69, 9.17) is 13.8 Å². The predicted octanol–water partition coefficient (Wildman–Crippen LogP) is 20.6. The number of carbonyl (C=O) groups is 2. The van der Waals surface area contributed by atoms with E-state index in [1.54, 1.807) is 0 Å². The molecule has 0 aromatic heterocycles. The van der Waals surface area contributed by atoms with E-state index in [1.807, 2.05) is 33.3 Å². The highest BCUT2D eigenvalue weighted by molar-refractivity contribution is 7.45. The van der Waals surface area contributed by atoms with Crippen molar-refractivity contribution in [3.8, 4) is 0 Å². The molecule has 1 amide bonds. The molecular weight excluding hydrogens is 1050 g/mol. The van der Waals surface area contributed by atoms with E-state index in [1.165, 1.54) is 89.9 Å². The van der Waals surface area contributed by atoms with E-state index in [9.17, 15) is 19.0 Å². The van der Waals surface area contributed by atoms with Gasteiger partial charge in [0, 0.05) is 12.8 Å². The molecule has 0 aromatic carbocycles. The summed E-state index contributed by atoms with van der Waals surface area (Å²) in [6.45, 7) is 6.66. The minimum atomic E-state index is -4.72. The summed E-state index contributed by atoms with van der Waals surface area (Å²) in [6, 6.07) is -0.917. The minimum absolute atomic E-state index is 0.0371. The number of nitrogens with zero attached hydrogens (tertiary/aromatic N) is 1. The van der Waals surface area contributed by atoms with E-state index in [-0.39, 0.29) is 31.3 Å². The van der Waals surface area contributed by atoms with E-state index >= 15 is 0 Å². The average molecular weight is 1170 g/mol. The fraction of sp³-hybridized carbons (Fsp3) is 0.671. The molecule has 9 nitrogen and oxygen atoms in total. The molecule has 3 atom stereocenters. The van der Waals surface area contributed by atoms with Crippen LogP contribution in [0.1, 0.15) is 265 Å². The van der Waals surface area contributed by atoms with Gasteiger partial charge in [-0.2, -0.15) is 0 Å². The monoisotopic (exact) mass is 1170 g/mol. The number of allylic oxidation sites excluding steroid dienone is 21. The van der Waals surface area contributed by atoms with Gasteiger partial charge < -0.3 is 28.5 Å². The van der Waals surface area contributed by atoms with E-state index < -0.39 is 26.6 Å². The number of phosphoric acid groups is 1. The van der Waals surface area contributed by atoms with Gasteiger partial charge in [0.25, 0.3) is 7.82 Å². The summed E-state index contributed by atoms with van der Waals surface area (Å²) >= 11 is 0. The van der Waals surface area contributed by atoms with E-state index in [0.717, 1.165) is 128 Å². The number of esters is 1. The van der Waals surface area contributed by atoms with Crippen LogP contribution in [0.15, 0.2) is 134 Å². The zero-order valence-corrected chi connectivity index (χ0v) is 55.0. The number of phosphoric ester groups is 1. The Labute approximate surface area is 511 Å². The predicted molar refractivity (Wildman–Crippen MR) is 357 cm³/mol. The summed E-state index contributed by atoms with van der Waals surface area (Å²) in [6.07, 6.45) is 87.1. The molecule has 474 valence electrons. The second kappa shape index (κ2) is 61.2. The molecule has 0 rings (SSSR count). The zero-order valence-electron chi connectivity index (χ0n) is 54.1. The number of nitrogens with one attached hydrogen (secondary N) is 1. The van der Waals surface area contributed by atoms with Gasteiger partial charge in [0.15, 0.2) is 0 Å². The van der Waals surface area contributed by atoms with Crippen LogP contribution in [0.4, 0.5) is 0 Å². The van der Waals surface area contributed by atoms with Crippen LogP contribution in [-0.4, -0.2) is 69.4 Å². The van der Waals surface area contributed by atoms with Crippen molar-refractivity contribution >= 4 is 19.7 Å². The van der Waals surface area contributed by atoms with Gasteiger partial charge in [-0.1, -0.05) is 258 Å². The molecule has 0 fully saturated rings. The summed E-state index contributed by atoms with van der Waals surface area (Å²) < 4.78 is 30.3. The van der Waals surface area contributed by atoms with Crippen LogP contribution in [0.3, 0.4) is 0 Å². The zero-order chi connectivity index (χ0) is 60.7. The number of hydrogen-bond acceptors (Lipinski definition) is 7. The molecule has 1 N–H and O–H groups in total. The highest BCUT2D eigenvalue weighted by atomic mass is 31.2. The lowest BCUT2D eigenvalue weighted by Gasteiger charge is -2.30. The third kappa shape index (κ3) is 62.5. The molecule has 0 saturated carbocycles. The van der Waals surface area contributed by atoms with Gasteiger partial charge in [-0.25, -0.2) is 0 Å². The Kier molecular flexibility index (Phi) is 58.4. The molecule has 0 heterocycles.